The second kappa shape index (κ2) is 10.3. The standard InChI is InChI=1S/C32H31FN4O3/c1-4-39-27-16-22(12-15-26(27)40-19-20-8-6-5-7-9-20)29-28-24(17-32(2,3)18-25(28)38)34-31-35-30(36-37(29)31)21-10-13-23(33)14-11-21/h5-16,29H,4,17-19H2,1-3H3,(H,34,35,36). The van der Waals surface area contributed by atoms with Crippen LogP contribution in [-0.4, -0.2) is 27.2 Å². The van der Waals surface area contributed by atoms with Crippen LogP contribution < -0.4 is 14.8 Å². The number of aromatic nitrogens is 3. The minimum absolute atomic E-state index is 0.0793. The number of nitrogens with zero attached hydrogens (tertiary/aromatic N) is 3. The third kappa shape index (κ3) is 4.97. The minimum atomic E-state index is -0.501. The van der Waals surface area contributed by atoms with E-state index in [0.717, 1.165) is 16.8 Å². The Hall–Kier alpha value is -4.46. The molecule has 2 heterocycles. The van der Waals surface area contributed by atoms with Crippen LogP contribution in [0.25, 0.3) is 11.4 Å². The van der Waals surface area contributed by atoms with E-state index in [0.29, 0.717) is 60.5 Å². The molecule has 1 N–H and O–H groups in total. The van der Waals surface area contributed by atoms with Gasteiger partial charge in [0, 0.05) is 23.3 Å². The smallest absolute Gasteiger partial charge is 0.226 e. The average Bonchev–Trinajstić information content (AvgIpc) is 3.35. The topological polar surface area (TPSA) is 78.3 Å². The van der Waals surface area contributed by atoms with E-state index in [1.54, 1.807) is 16.8 Å². The van der Waals surface area contributed by atoms with Crippen LogP contribution in [0.4, 0.5) is 10.3 Å². The summed E-state index contributed by atoms with van der Waals surface area (Å²) in [5, 5.41) is 8.20. The molecule has 1 unspecified atom stereocenters. The Morgan fingerprint density at radius 3 is 2.52 bits per heavy atom. The molecule has 6 rings (SSSR count). The number of fused-ring (bicyclic) bond motifs is 1. The van der Waals surface area contributed by atoms with Gasteiger partial charge in [0.25, 0.3) is 0 Å². The fourth-order valence-corrected chi connectivity index (χ4v) is 5.46. The number of carbonyl (C=O) groups excluding carboxylic acids is 1. The molecule has 7 nitrogen and oxygen atoms in total. The van der Waals surface area contributed by atoms with Crippen LogP contribution in [0.5, 0.6) is 11.5 Å². The predicted molar refractivity (Wildman–Crippen MR) is 151 cm³/mol. The number of ether oxygens (including phenoxy) is 2. The van der Waals surface area contributed by atoms with Gasteiger partial charge in [-0.2, -0.15) is 4.98 Å². The molecular formula is C32H31FN4O3. The summed E-state index contributed by atoms with van der Waals surface area (Å²) < 4.78 is 27.5. The van der Waals surface area contributed by atoms with Crippen molar-refractivity contribution in [2.45, 2.75) is 46.3 Å². The minimum Gasteiger partial charge on any atom is -0.490 e. The van der Waals surface area contributed by atoms with Crippen LogP contribution in [0, 0.1) is 11.2 Å². The summed E-state index contributed by atoms with van der Waals surface area (Å²) in [6.07, 6.45) is 1.15. The van der Waals surface area contributed by atoms with Gasteiger partial charge < -0.3 is 14.8 Å². The quantitative estimate of drug-likeness (QED) is 0.281. The first kappa shape index (κ1) is 25.8. The Kier molecular flexibility index (Phi) is 6.62. The Morgan fingerprint density at radius 1 is 1.00 bits per heavy atom. The number of rotatable bonds is 7. The van der Waals surface area contributed by atoms with Gasteiger partial charge in [0.15, 0.2) is 23.1 Å². The fourth-order valence-electron chi connectivity index (χ4n) is 5.46. The van der Waals surface area contributed by atoms with E-state index in [2.05, 4.69) is 19.2 Å². The summed E-state index contributed by atoms with van der Waals surface area (Å²) in [4.78, 5) is 18.4. The Balaban J connectivity index is 1.43. The van der Waals surface area contributed by atoms with E-state index in [1.165, 1.54) is 12.1 Å². The first-order chi connectivity index (χ1) is 19.3. The molecule has 0 saturated carbocycles. The van der Waals surface area contributed by atoms with Crippen LogP contribution >= 0.6 is 0 Å². The highest BCUT2D eigenvalue weighted by atomic mass is 19.1. The van der Waals surface area contributed by atoms with Gasteiger partial charge in [-0.15, -0.1) is 5.10 Å². The average molecular weight is 539 g/mol. The number of anilines is 1. The molecule has 0 amide bonds. The lowest BCUT2D eigenvalue weighted by atomic mass is 9.73. The van der Waals surface area contributed by atoms with E-state index in [9.17, 15) is 9.18 Å². The maximum atomic E-state index is 13.6. The Labute approximate surface area is 232 Å². The molecule has 0 spiro atoms. The maximum Gasteiger partial charge on any atom is 0.226 e. The van der Waals surface area contributed by atoms with E-state index >= 15 is 0 Å². The molecule has 1 aliphatic carbocycles. The van der Waals surface area contributed by atoms with Crippen molar-refractivity contribution in [2.24, 2.45) is 5.41 Å². The monoisotopic (exact) mass is 538 g/mol. The number of allylic oxidation sites excluding steroid dienone is 2. The molecule has 0 saturated heterocycles. The second-order valence-corrected chi connectivity index (χ2v) is 11.0. The number of hydrogen-bond acceptors (Lipinski definition) is 6. The van der Waals surface area contributed by atoms with Crippen LogP contribution in [0.3, 0.4) is 0 Å². The summed E-state index contributed by atoms with van der Waals surface area (Å²) in [7, 11) is 0. The summed E-state index contributed by atoms with van der Waals surface area (Å²) in [6.45, 7) is 6.99. The second-order valence-electron chi connectivity index (χ2n) is 11.0. The van der Waals surface area contributed by atoms with E-state index in [1.807, 2.05) is 55.5 Å². The first-order valence-corrected chi connectivity index (χ1v) is 13.5. The van der Waals surface area contributed by atoms with Crippen molar-refractivity contribution in [2.75, 3.05) is 11.9 Å². The lowest BCUT2D eigenvalue weighted by Gasteiger charge is -2.38. The SMILES string of the molecule is CCOc1cc(C2C3=C(CC(C)(C)CC3=O)Nc3nc(-c4ccc(F)cc4)nn32)ccc1OCc1ccccc1. The number of carbonyl (C=O) groups is 1. The zero-order chi connectivity index (χ0) is 27.9. The van der Waals surface area contributed by atoms with Crippen molar-refractivity contribution >= 4 is 11.7 Å². The largest absolute Gasteiger partial charge is 0.490 e. The van der Waals surface area contributed by atoms with E-state index in [-0.39, 0.29) is 17.0 Å². The van der Waals surface area contributed by atoms with Crippen LogP contribution in [-0.2, 0) is 11.4 Å². The Morgan fingerprint density at radius 2 is 1.77 bits per heavy atom. The van der Waals surface area contributed by atoms with Gasteiger partial charge in [-0.25, -0.2) is 9.07 Å². The molecule has 0 bridgehead atoms. The number of nitrogens with one attached hydrogen (secondary N) is 1. The van der Waals surface area contributed by atoms with Crippen LogP contribution in [0.2, 0.25) is 0 Å². The molecule has 8 heteroatoms. The summed E-state index contributed by atoms with van der Waals surface area (Å²) in [5.74, 6) is 1.96. The van der Waals surface area contributed by atoms with Crippen molar-refractivity contribution in [1.82, 2.24) is 14.8 Å². The number of halogens is 1. The molecule has 2 aliphatic rings. The lowest BCUT2D eigenvalue weighted by molar-refractivity contribution is -0.118. The van der Waals surface area contributed by atoms with Crippen molar-refractivity contribution in [1.29, 1.82) is 0 Å². The van der Waals surface area contributed by atoms with Gasteiger partial charge in [-0.05, 0) is 66.3 Å². The van der Waals surface area contributed by atoms with Crippen molar-refractivity contribution in [3.8, 4) is 22.9 Å². The van der Waals surface area contributed by atoms with Gasteiger partial charge >= 0.3 is 0 Å². The third-order valence-corrected chi connectivity index (χ3v) is 7.25. The molecule has 40 heavy (non-hydrogen) atoms. The van der Waals surface area contributed by atoms with Crippen molar-refractivity contribution in [3.05, 3.63) is 101 Å². The highest BCUT2D eigenvalue weighted by Crippen LogP contribution is 2.46. The number of hydrogen-bond donors (Lipinski definition) is 1. The zero-order valence-electron chi connectivity index (χ0n) is 22.8. The van der Waals surface area contributed by atoms with Crippen molar-refractivity contribution < 1.29 is 18.7 Å². The fraction of sp³-hybridized carbons (Fsp3) is 0.281. The highest BCUT2D eigenvalue weighted by molar-refractivity contribution is 6.00. The number of benzene rings is 3. The zero-order valence-corrected chi connectivity index (χ0v) is 22.8. The molecule has 1 aliphatic heterocycles. The molecular weight excluding hydrogens is 507 g/mol. The first-order valence-electron chi connectivity index (χ1n) is 13.5. The summed E-state index contributed by atoms with van der Waals surface area (Å²) in [5.41, 5.74) is 3.95. The van der Waals surface area contributed by atoms with Crippen LogP contribution in [0.15, 0.2) is 84.1 Å². The van der Waals surface area contributed by atoms with E-state index in [4.69, 9.17) is 19.6 Å². The summed E-state index contributed by atoms with van der Waals surface area (Å²) >= 11 is 0. The number of Topliss-reactive ketones (excluding diaryl/α,β-unsaturated/α-hetero) is 1. The van der Waals surface area contributed by atoms with Gasteiger partial charge in [0.05, 0.1) is 6.61 Å². The molecule has 1 atom stereocenters. The molecule has 3 aromatic carbocycles. The summed E-state index contributed by atoms with van der Waals surface area (Å²) in [6, 6.07) is 21.3. The van der Waals surface area contributed by atoms with E-state index < -0.39 is 6.04 Å². The lowest BCUT2D eigenvalue weighted by Crippen LogP contribution is -2.36. The van der Waals surface area contributed by atoms with Gasteiger partial charge in [0.2, 0.25) is 5.95 Å². The molecule has 0 fully saturated rings. The molecule has 1 aromatic heterocycles. The number of ketones is 1. The highest BCUT2D eigenvalue weighted by Gasteiger charge is 2.42. The molecule has 4 aromatic rings. The normalized spacial score (nSPS) is 17.6. The molecule has 0 radical (unpaired) electrons. The van der Waals surface area contributed by atoms with Crippen LogP contribution in [0.1, 0.15) is 50.8 Å². The third-order valence-electron chi connectivity index (χ3n) is 7.25. The predicted octanol–water partition coefficient (Wildman–Crippen LogP) is 6.72. The van der Waals surface area contributed by atoms with Gasteiger partial charge in [-0.1, -0.05) is 50.2 Å². The Bertz CT molecular complexity index is 1590. The van der Waals surface area contributed by atoms with Gasteiger partial charge in [-0.3, -0.25) is 4.79 Å². The maximum absolute atomic E-state index is 13.6. The van der Waals surface area contributed by atoms with Crippen molar-refractivity contribution in [3.63, 3.8) is 0 Å². The molecule has 204 valence electrons. The van der Waals surface area contributed by atoms with Gasteiger partial charge in [0.1, 0.15) is 18.5 Å².